The third kappa shape index (κ3) is 4.72. The fourth-order valence-corrected chi connectivity index (χ4v) is 6.73. The van der Waals surface area contributed by atoms with Gasteiger partial charge in [0.15, 0.2) is 0 Å². The van der Waals surface area contributed by atoms with E-state index in [4.69, 9.17) is 4.74 Å². The molecule has 0 spiro atoms. The molecule has 1 unspecified atom stereocenters. The van der Waals surface area contributed by atoms with Gasteiger partial charge in [0.2, 0.25) is 11.8 Å². The lowest BCUT2D eigenvalue weighted by molar-refractivity contribution is -0.130. The Morgan fingerprint density at radius 3 is 2.74 bits per heavy atom. The van der Waals surface area contributed by atoms with Crippen molar-refractivity contribution in [1.82, 2.24) is 24.3 Å². The van der Waals surface area contributed by atoms with E-state index in [-0.39, 0.29) is 17.5 Å². The summed E-state index contributed by atoms with van der Waals surface area (Å²) in [5, 5.41) is 0. The molecule has 3 aromatic heterocycles. The average Bonchev–Trinajstić information content (AvgIpc) is 3.38. The number of carbonyl (C=O) groups is 1. The van der Waals surface area contributed by atoms with Gasteiger partial charge in [0.25, 0.3) is 5.56 Å². The maximum Gasteiger partial charge on any atom is 0.271 e. The molecule has 38 heavy (non-hydrogen) atoms. The van der Waals surface area contributed by atoms with Crippen molar-refractivity contribution < 1.29 is 9.53 Å². The SMILES string of the molecule is COc1ncccc1-c1cc2ncn(C3CCc4cc(CN5CCN(C(C)=O)CC5)ccc4C3)c(=O)c2s1. The van der Waals surface area contributed by atoms with Crippen LogP contribution in [0.1, 0.15) is 36.1 Å². The lowest BCUT2D eigenvalue weighted by atomic mass is 9.87. The fourth-order valence-electron chi connectivity index (χ4n) is 5.66. The predicted molar refractivity (Wildman–Crippen MR) is 149 cm³/mol. The summed E-state index contributed by atoms with van der Waals surface area (Å²) in [6.45, 7) is 5.98. The smallest absolute Gasteiger partial charge is 0.271 e. The van der Waals surface area contributed by atoms with Crippen LogP contribution in [0.2, 0.25) is 0 Å². The van der Waals surface area contributed by atoms with Crippen LogP contribution in [0.4, 0.5) is 0 Å². The van der Waals surface area contributed by atoms with Gasteiger partial charge in [0.1, 0.15) is 4.70 Å². The van der Waals surface area contributed by atoms with Crippen LogP contribution in [0.3, 0.4) is 0 Å². The number of fused-ring (bicyclic) bond motifs is 2. The van der Waals surface area contributed by atoms with Crippen molar-refractivity contribution >= 4 is 27.5 Å². The van der Waals surface area contributed by atoms with Crippen molar-refractivity contribution in [2.45, 2.75) is 38.8 Å². The summed E-state index contributed by atoms with van der Waals surface area (Å²) >= 11 is 1.45. The number of pyridine rings is 1. The molecular weight excluding hydrogens is 498 g/mol. The number of ether oxygens (including phenoxy) is 1. The molecule has 0 bridgehead atoms. The molecule has 0 radical (unpaired) electrons. The first-order chi connectivity index (χ1) is 18.5. The second-order valence-corrected chi connectivity index (χ2v) is 11.2. The summed E-state index contributed by atoms with van der Waals surface area (Å²) in [5.74, 6) is 0.704. The second kappa shape index (κ2) is 10.3. The van der Waals surface area contributed by atoms with E-state index in [1.54, 1.807) is 26.6 Å². The van der Waals surface area contributed by atoms with Crippen LogP contribution in [0.25, 0.3) is 20.7 Å². The molecular formula is C29H31N5O3S. The average molecular weight is 530 g/mol. The number of hydrogen-bond acceptors (Lipinski definition) is 7. The molecule has 1 aliphatic carbocycles. The maximum absolute atomic E-state index is 13.5. The monoisotopic (exact) mass is 529 g/mol. The Morgan fingerprint density at radius 2 is 1.95 bits per heavy atom. The van der Waals surface area contributed by atoms with Crippen LogP contribution < -0.4 is 10.3 Å². The third-order valence-electron chi connectivity index (χ3n) is 7.78. The minimum atomic E-state index is 0.0175. The number of benzene rings is 1. The Morgan fingerprint density at radius 1 is 1.11 bits per heavy atom. The molecule has 4 heterocycles. The zero-order valence-corrected chi connectivity index (χ0v) is 22.5. The molecule has 196 valence electrons. The van der Waals surface area contributed by atoms with Crippen molar-refractivity contribution in [1.29, 1.82) is 0 Å². The number of hydrogen-bond donors (Lipinski definition) is 0. The van der Waals surface area contributed by atoms with Gasteiger partial charge >= 0.3 is 0 Å². The van der Waals surface area contributed by atoms with Crippen LogP contribution in [-0.4, -0.2) is 63.5 Å². The zero-order chi connectivity index (χ0) is 26.2. The van der Waals surface area contributed by atoms with E-state index in [9.17, 15) is 9.59 Å². The van der Waals surface area contributed by atoms with Crippen molar-refractivity contribution in [3.8, 4) is 16.3 Å². The van der Waals surface area contributed by atoms with Crippen LogP contribution in [-0.2, 0) is 24.2 Å². The quantitative estimate of drug-likeness (QED) is 0.390. The van der Waals surface area contributed by atoms with E-state index in [2.05, 4.69) is 33.1 Å². The summed E-state index contributed by atoms with van der Waals surface area (Å²) < 4.78 is 7.91. The molecule has 1 atom stereocenters. The summed E-state index contributed by atoms with van der Waals surface area (Å²) in [6, 6.07) is 12.6. The molecule has 0 saturated carbocycles. The van der Waals surface area contributed by atoms with Gasteiger partial charge in [-0.25, -0.2) is 9.97 Å². The number of piperazine rings is 1. The van der Waals surface area contributed by atoms with Crippen molar-refractivity contribution in [2.24, 2.45) is 0 Å². The first kappa shape index (κ1) is 24.8. The van der Waals surface area contributed by atoms with E-state index in [1.165, 1.54) is 28.0 Å². The lowest BCUT2D eigenvalue weighted by Gasteiger charge is -2.34. The number of aromatic nitrogens is 3. The molecule has 1 saturated heterocycles. The maximum atomic E-state index is 13.5. The lowest BCUT2D eigenvalue weighted by Crippen LogP contribution is -2.47. The Balaban J connectivity index is 1.19. The number of carbonyl (C=O) groups excluding carboxylic acids is 1. The molecule has 9 heteroatoms. The van der Waals surface area contributed by atoms with Gasteiger partial charge in [-0.3, -0.25) is 19.1 Å². The minimum absolute atomic E-state index is 0.0175. The predicted octanol–water partition coefficient (Wildman–Crippen LogP) is 3.92. The molecule has 0 N–H and O–H groups in total. The van der Waals surface area contributed by atoms with Gasteiger partial charge in [-0.15, -0.1) is 11.3 Å². The van der Waals surface area contributed by atoms with Crippen LogP contribution in [0.5, 0.6) is 5.88 Å². The Labute approximate surface area is 225 Å². The third-order valence-corrected chi connectivity index (χ3v) is 8.93. The molecule has 6 rings (SSSR count). The highest BCUT2D eigenvalue weighted by Crippen LogP contribution is 2.36. The van der Waals surface area contributed by atoms with Gasteiger partial charge in [-0.05, 0) is 54.2 Å². The number of rotatable bonds is 5. The van der Waals surface area contributed by atoms with Crippen molar-refractivity contribution in [3.05, 3.63) is 76.0 Å². The summed E-state index contributed by atoms with van der Waals surface area (Å²) in [7, 11) is 1.60. The highest BCUT2D eigenvalue weighted by atomic mass is 32.1. The van der Waals surface area contributed by atoms with E-state index in [1.807, 2.05) is 27.7 Å². The topological polar surface area (TPSA) is 80.6 Å². The summed E-state index contributed by atoms with van der Waals surface area (Å²) in [5.41, 5.74) is 5.60. The Bertz CT molecular complexity index is 1550. The standard InChI is InChI=1S/C29H31N5O3S/c1-19(35)33-12-10-32(11-13-33)17-20-5-6-22-15-23(8-7-21(22)14-20)34-18-31-25-16-26(38-27(25)29(34)36)24-4-3-9-30-28(24)37-2/h3-6,9,14,16,18,23H,7-8,10-13,15,17H2,1-2H3. The fraction of sp³-hybridized carbons (Fsp3) is 0.379. The Hall–Kier alpha value is -3.56. The van der Waals surface area contributed by atoms with Gasteiger partial charge in [0, 0.05) is 56.8 Å². The van der Waals surface area contributed by atoms with E-state index < -0.39 is 0 Å². The molecule has 4 aromatic rings. The molecule has 8 nitrogen and oxygen atoms in total. The van der Waals surface area contributed by atoms with Crippen molar-refractivity contribution in [2.75, 3.05) is 33.3 Å². The second-order valence-electron chi connectivity index (χ2n) is 10.1. The van der Waals surface area contributed by atoms with Crippen LogP contribution >= 0.6 is 11.3 Å². The first-order valence-electron chi connectivity index (χ1n) is 13.1. The van der Waals surface area contributed by atoms with Gasteiger partial charge in [-0.1, -0.05) is 18.2 Å². The van der Waals surface area contributed by atoms with Gasteiger partial charge < -0.3 is 9.64 Å². The van der Waals surface area contributed by atoms with Gasteiger partial charge in [0.05, 0.1) is 24.5 Å². The number of thiophene rings is 1. The largest absolute Gasteiger partial charge is 0.481 e. The molecule has 1 fully saturated rings. The van der Waals surface area contributed by atoms with Crippen LogP contribution in [0, 0.1) is 0 Å². The molecule has 2 aliphatic rings. The minimum Gasteiger partial charge on any atom is -0.481 e. The highest BCUT2D eigenvalue weighted by molar-refractivity contribution is 7.22. The van der Waals surface area contributed by atoms with Crippen LogP contribution in [0.15, 0.2) is 53.7 Å². The number of amides is 1. The summed E-state index contributed by atoms with van der Waals surface area (Å²) in [6.07, 6.45) is 6.09. The van der Waals surface area contributed by atoms with Gasteiger partial charge in [-0.2, -0.15) is 0 Å². The number of methoxy groups -OCH3 is 1. The molecule has 1 aromatic carbocycles. The first-order valence-corrected chi connectivity index (χ1v) is 13.9. The zero-order valence-electron chi connectivity index (χ0n) is 21.7. The van der Waals surface area contributed by atoms with E-state index >= 15 is 0 Å². The highest BCUT2D eigenvalue weighted by Gasteiger charge is 2.24. The van der Waals surface area contributed by atoms with Crippen molar-refractivity contribution in [3.63, 3.8) is 0 Å². The number of nitrogens with zero attached hydrogens (tertiary/aromatic N) is 5. The summed E-state index contributed by atoms with van der Waals surface area (Å²) in [4.78, 5) is 39.3. The van der Waals surface area contributed by atoms with E-state index in [0.29, 0.717) is 16.1 Å². The van der Waals surface area contributed by atoms with E-state index in [0.717, 1.165) is 62.4 Å². The molecule has 1 amide bonds. The number of aryl methyl sites for hydroxylation is 1. The molecule has 1 aliphatic heterocycles. The Kier molecular flexibility index (Phi) is 6.71. The normalized spacial score (nSPS) is 17.9.